The molecule has 8 heteroatoms. The zero-order valence-electron chi connectivity index (χ0n) is 15.9. The van der Waals surface area contributed by atoms with Gasteiger partial charge in [-0.2, -0.15) is 4.98 Å². The number of nitrogens with one attached hydrogen (secondary N) is 1. The van der Waals surface area contributed by atoms with Crippen LogP contribution in [0.3, 0.4) is 0 Å². The number of aromatic nitrogens is 2. The molecule has 2 aromatic rings. The fourth-order valence-electron chi connectivity index (χ4n) is 2.38. The molecule has 0 saturated carbocycles. The number of methoxy groups -OCH3 is 2. The number of carbonyl (C=O) groups excluding carboxylic acids is 1. The number of rotatable bonds is 9. The minimum atomic E-state index is -0.341. The first-order valence-electron chi connectivity index (χ1n) is 8.48. The number of benzene rings is 1. The van der Waals surface area contributed by atoms with E-state index in [1.54, 1.807) is 14.2 Å². The highest BCUT2D eigenvalue weighted by Crippen LogP contribution is 2.27. The SMILES string of the molecule is CCc1noc(CN(C)C(C)C(=O)NCc2ccc(OC)c(OC)c2)n1. The minimum absolute atomic E-state index is 0.0856. The van der Waals surface area contributed by atoms with E-state index in [1.165, 1.54) is 0 Å². The first-order chi connectivity index (χ1) is 12.5. The lowest BCUT2D eigenvalue weighted by molar-refractivity contribution is -0.125. The summed E-state index contributed by atoms with van der Waals surface area (Å²) >= 11 is 0. The van der Waals surface area contributed by atoms with E-state index in [9.17, 15) is 4.79 Å². The Labute approximate surface area is 153 Å². The maximum absolute atomic E-state index is 12.4. The summed E-state index contributed by atoms with van der Waals surface area (Å²) in [6.07, 6.45) is 0.717. The van der Waals surface area contributed by atoms with Gasteiger partial charge < -0.3 is 19.3 Å². The second-order valence-electron chi connectivity index (χ2n) is 5.96. The Morgan fingerprint density at radius 3 is 2.65 bits per heavy atom. The van der Waals surface area contributed by atoms with Gasteiger partial charge in [-0.05, 0) is 31.7 Å². The maximum atomic E-state index is 12.4. The summed E-state index contributed by atoms with van der Waals surface area (Å²) in [6.45, 7) is 4.61. The number of likely N-dealkylation sites (N-methyl/N-ethyl adjacent to an activating group) is 1. The van der Waals surface area contributed by atoms with Gasteiger partial charge >= 0.3 is 0 Å². The van der Waals surface area contributed by atoms with Crippen molar-refractivity contribution >= 4 is 5.91 Å². The fraction of sp³-hybridized carbons (Fsp3) is 0.500. The second-order valence-corrected chi connectivity index (χ2v) is 5.96. The molecule has 0 bridgehead atoms. The highest BCUT2D eigenvalue weighted by molar-refractivity contribution is 5.81. The number of hydrogen-bond acceptors (Lipinski definition) is 7. The van der Waals surface area contributed by atoms with Gasteiger partial charge in [0.25, 0.3) is 0 Å². The molecule has 1 atom stereocenters. The first-order valence-corrected chi connectivity index (χ1v) is 8.48. The molecule has 1 heterocycles. The smallest absolute Gasteiger partial charge is 0.240 e. The summed E-state index contributed by atoms with van der Waals surface area (Å²) in [5.41, 5.74) is 0.926. The third-order valence-corrected chi connectivity index (χ3v) is 4.17. The zero-order chi connectivity index (χ0) is 19.1. The minimum Gasteiger partial charge on any atom is -0.493 e. The summed E-state index contributed by atoms with van der Waals surface area (Å²) in [5, 5.41) is 6.79. The van der Waals surface area contributed by atoms with Crippen LogP contribution in [0.25, 0.3) is 0 Å². The van der Waals surface area contributed by atoms with E-state index in [0.717, 1.165) is 5.56 Å². The van der Waals surface area contributed by atoms with Gasteiger partial charge in [0.15, 0.2) is 17.3 Å². The Morgan fingerprint density at radius 1 is 1.31 bits per heavy atom. The molecule has 1 aromatic heterocycles. The Morgan fingerprint density at radius 2 is 2.04 bits per heavy atom. The van der Waals surface area contributed by atoms with E-state index in [4.69, 9.17) is 14.0 Å². The molecule has 1 N–H and O–H groups in total. The Kier molecular flexibility index (Phi) is 6.97. The number of nitrogens with zero attached hydrogens (tertiary/aromatic N) is 3. The summed E-state index contributed by atoms with van der Waals surface area (Å²) < 4.78 is 15.7. The van der Waals surface area contributed by atoms with Crippen LogP contribution < -0.4 is 14.8 Å². The lowest BCUT2D eigenvalue weighted by atomic mass is 10.2. The number of hydrogen-bond donors (Lipinski definition) is 1. The van der Waals surface area contributed by atoms with Crippen LogP contribution in [0.2, 0.25) is 0 Å². The Hall–Kier alpha value is -2.61. The maximum Gasteiger partial charge on any atom is 0.240 e. The summed E-state index contributed by atoms with van der Waals surface area (Å²) in [4.78, 5) is 18.5. The van der Waals surface area contributed by atoms with Crippen LogP contribution >= 0.6 is 0 Å². The van der Waals surface area contributed by atoms with E-state index >= 15 is 0 Å². The van der Waals surface area contributed by atoms with Crippen molar-refractivity contribution in [1.82, 2.24) is 20.4 Å². The van der Waals surface area contributed by atoms with Gasteiger partial charge in [0.05, 0.1) is 26.8 Å². The van der Waals surface area contributed by atoms with Gasteiger partial charge in [0.1, 0.15) is 0 Å². The average Bonchev–Trinajstić information content (AvgIpc) is 3.12. The topological polar surface area (TPSA) is 89.7 Å². The molecule has 2 rings (SSSR count). The van der Waals surface area contributed by atoms with Gasteiger partial charge in [0.2, 0.25) is 11.8 Å². The lowest BCUT2D eigenvalue weighted by Crippen LogP contribution is -2.42. The van der Waals surface area contributed by atoms with E-state index in [1.807, 2.05) is 44.0 Å². The lowest BCUT2D eigenvalue weighted by Gasteiger charge is -2.22. The molecule has 0 radical (unpaired) electrons. The summed E-state index contributed by atoms with van der Waals surface area (Å²) in [7, 11) is 5.01. The quantitative estimate of drug-likeness (QED) is 0.727. The largest absolute Gasteiger partial charge is 0.493 e. The molecule has 0 aliphatic heterocycles. The molecule has 8 nitrogen and oxygen atoms in total. The van der Waals surface area contributed by atoms with Gasteiger partial charge in [-0.25, -0.2) is 0 Å². The van der Waals surface area contributed by atoms with Crippen LogP contribution in [0.5, 0.6) is 11.5 Å². The predicted octanol–water partition coefficient (Wildman–Crippen LogP) is 1.79. The van der Waals surface area contributed by atoms with Crippen LogP contribution in [-0.2, 0) is 24.3 Å². The van der Waals surface area contributed by atoms with Crippen molar-refractivity contribution in [3.8, 4) is 11.5 Å². The van der Waals surface area contributed by atoms with Crippen molar-refractivity contribution in [3.05, 3.63) is 35.5 Å². The molecule has 0 spiro atoms. The van der Waals surface area contributed by atoms with E-state index in [2.05, 4.69) is 15.5 Å². The van der Waals surface area contributed by atoms with Crippen LogP contribution in [0.4, 0.5) is 0 Å². The molecule has 26 heavy (non-hydrogen) atoms. The van der Waals surface area contributed by atoms with Crippen LogP contribution in [0, 0.1) is 0 Å². The molecular formula is C18H26N4O4. The van der Waals surface area contributed by atoms with Gasteiger partial charge in [-0.3, -0.25) is 9.69 Å². The number of amides is 1. The van der Waals surface area contributed by atoms with Crippen molar-refractivity contribution < 1.29 is 18.8 Å². The van der Waals surface area contributed by atoms with Gasteiger partial charge in [-0.1, -0.05) is 18.1 Å². The van der Waals surface area contributed by atoms with Gasteiger partial charge in [-0.15, -0.1) is 0 Å². The van der Waals surface area contributed by atoms with Crippen molar-refractivity contribution in [2.45, 2.75) is 39.4 Å². The molecule has 0 fully saturated rings. The third-order valence-electron chi connectivity index (χ3n) is 4.17. The normalized spacial score (nSPS) is 12.1. The second kappa shape index (κ2) is 9.19. The molecule has 0 aliphatic rings. The van der Waals surface area contributed by atoms with Crippen molar-refractivity contribution in [2.75, 3.05) is 21.3 Å². The standard InChI is InChI=1S/C18H26N4O4/c1-6-16-20-17(26-21-16)11-22(3)12(2)18(23)19-10-13-7-8-14(24-4)15(9-13)25-5/h7-9,12H,6,10-11H2,1-5H3,(H,19,23). The number of aryl methyl sites for hydroxylation is 1. The van der Waals surface area contributed by atoms with Crippen molar-refractivity contribution in [3.63, 3.8) is 0 Å². The molecule has 0 aliphatic carbocycles. The van der Waals surface area contributed by atoms with E-state index < -0.39 is 0 Å². The molecular weight excluding hydrogens is 336 g/mol. The van der Waals surface area contributed by atoms with E-state index in [0.29, 0.717) is 42.7 Å². The van der Waals surface area contributed by atoms with Crippen molar-refractivity contribution in [2.24, 2.45) is 0 Å². The monoisotopic (exact) mass is 362 g/mol. The molecule has 0 saturated heterocycles. The highest BCUT2D eigenvalue weighted by atomic mass is 16.5. The van der Waals surface area contributed by atoms with Crippen LogP contribution in [0.15, 0.2) is 22.7 Å². The van der Waals surface area contributed by atoms with Crippen LogP contribution in [-0.4, -0.2) is 48.3 Å². The Bertz CT molecular complexity index is 732. The van der Waals surface area contributed by atoms with Crippen molar-refractivity contribution in [1.29, 1.82) is 0 Å². The number of carbonyl (C=O) groups is 1. The van der Waals surface area contributed by atoms with Gasteiger partial charge in [0, 0.05) is 13.0 Å². The number of ether oxygens (including phenoxy) is 2. The zero-order valence-corrected chi connectivity index (χ0v) is 15.9. The fourth-order valence-corrected chi connectivity index (χ4v) is 2.38. The molecule has 142 valence electrons. The average molecular weight is 362 g/mol. The predicted molar refractivity (Wildman–Crippen MR) is 96.0 cm³/mol. The third kappa shape index (κ3) is 4.95. The molecule has 1 aromatic carbocycles. The molecule has 1 unspecified atom stereocenters. The Balaban J connectivity index is 1.89. The van der Waals surface area contributed by atoms with Crippen LogP contribution in [0.1, 0.15) is 31.1 Å². The summed E-state index contributed by atoms with van der Waals surface area (Å²) in [6, 6.07) is 5.21. The molecule has 1 amide bonds. The highest BCUT2D eigenvalue weighted by Gasteiger charge is 2.20. The first kappa shape index (κ1) is 19.7. The summed E-state index contributed by atoms with van der Waals surface area (Å²) in [5.74, 6) is 2.37. The van der Waals surface area contributed by atoms with E-state index in [-0.39, 0.29) is 11.9 Å².